The number of carbonyl (C=O) groups excluding carboxylic acids is 1. The number of aromatic nitrogens is 2. The zero-order valence-corrected chi connectivity index (χ0v) is 13.5. The van der Waals surface area contributed by atoms with Gasteiger partial charge in [-0.2, -0.15) is 0 Å². The van der Waals surface area contributed by atoms with Gasteiger partial charge in [0.05, 0.1) is 4.88 Å². The lowest BCUT2D eigenvalue weighted by atomic mass is 10.0. The van der Waals surface area contributed by atoms with Gasteiger partial charge in [-0.25, -0.2) is 4.98 Å². The highest BCUT2D eigenvalue weighted by molar-refractivity contribution is 7.12. The minimum atomic E-state index is 0.0445. The van der Waals surface area contributed by atoms with Crippen LogP contribution in [0.2, 0.25) is 0 Å². The number of aromatic amines is 1. The number of pyridine rings is 1. The van der Waals surface area contributed by atoms with Crippen LogP contribution in [0.5, 0.6) is 0 Å². The highest BCUT2D eigenvalue weighted by Crippen LogP contribution is 2.24. The molecule has 1 aliphatic heterocycles. The third-order valence-corrected chi connectivity index (χ3v) is 5.24. The molecule has 6 heteroatoms. The molecule has 23 heavy (non-hydrogen) atoms. The van der Waals surface area contributed by atoms with Crippen molar-refractivity contribution in [2.24, 2.45) is 0 Å². The number of carbonyl (C=O) groups is 1. The molecule has 1 amide bonds. The van der Waals surface area contributed by atoms with Crippen molar-refractivity contribution in [1.82, 2.24) is 20.6 Å². The summed E-state index contributed by atoms with van der Waals surface area (Å²) in [7, 11) is 0. The Kier molecular flexibility index (Phi) is 3.85. The van der Waals surface area contributed by atoms with Crippen molar-refractivity contribution in [1.29, 1.82) is 0 Å². The zero-order valence-electron chi connectivity index (χ0n) is 12.6. The van der Waals surface area contributed by atoms with Crippen LogP contribution >= 0.6 is 11.3 Å². The number of fused-ring (bicyclic) bond motifs is 1. The molecule has 0 radical (unpaired) electrons. The molecule has 1 saturated heterocycles. The largest absolute Gasteiger partial charge is 0.347 e. The minimum absolute atomic E-state index is 0.0445. The van der Waals surface area contributed by atoms with E-state index in [4.69, 9.17) is 0 Å². The van der Waals surface area contributed by atoms with E-state index in [9.17, 15) is 4.79 Å². The van der Waals surface area contributed by atoms with Crippen molar-refractivity contribution in [3.63, 3.8) is 0 Å². The van der Waals surface area contributed by atoms with E-state index < -0.39 is 0 Å². The molecule has 4 heterocycles. The zero-order chi connectivity index (χ0) is 15.6. The number of hydrogen-bond donors (Lipinski definition) is 3. The fourth-order valence-electron chi connectivity index (χ4n) is 3.08. The number of nitrogens with one attached hydrogen (secondary N) is 3. The van der Waals surface area contributed by atoms with E-state index in [0.29, 0.717) is 0 Å². The summed E-state index contributed by atoms with van der Waals surface area (Å²) < 4.78 is 0. The second-order valence-corrected chi connectivity index (χ2v) is 6.74. The third-order valence-electron chi connectivity index (χ3n) is 4.28. The highest BCUT2D eigenvalue weighted by atomic mass is 32.1. The topological polar surface area (TPSA) is 69.8 Å². The van der Waals surface area contributed by atoms with Gasteiger partial charge in [0.15, 0.2) is 0 Å². The van der Waals surface area contributed by atoms with Crippen molar-refractivity contribution >= 4 is 28.3 Å². The van der Waals surface area contributed by atoms with Gasteiger partial charge in [-0.15, -0.1) is 11.3 Å². The van der Waals surface area contributed by atoms with E-state index in [1.54, 1.807) is 0 Å². The number of thiophene rings is 1. The maximum Gasteiger partial charge on any atom is 0.261 e. The molecule has 0 aromatic carbocycles. The molecule has 1 unspecified atom stereocenters. The van der Waals surface area contributed by atoms with Gasteiger partial charge in [-0.1, -0.05) is 0 Å². The highest BCUT2D eigenvalue weighted by Gasteiger charge is 2.20. The summed E-state index contributed by atoms with van der Waals surface area (Å²) in [6.45, 7) is 1.84. The molecule has 3 aromatic rings. The van der Waals surface area contributed by atoms with Crippen LogP contribution in [-0.2, 0) is 6.42 Å². The fraction of sp³-hybridized carbons (Fsp3) is 0.294. The Balaban J connectivity index is 1.57. The smallest absolute Gasteiger partial charge is 0.261 e. The molecular weight excluding hydrogens is 308 g/mol. The summed E-state index contributed by atoms with van der Waals surface area (Å²) in [5.41, 5.74) is 3.15. The van der Waals surface area contributed by atoms with Gasteiger partial charge >= 0.3 is 0 Å². The standard InChI is InChI=1S/C17H18N4OS/c22-17(21-13-2-5-18-10-13)15-12(4-8-23-15)9-11-1-6-19-16-14(11)3-7-20-16/h1,3-4,6-8,13,18H,2,5,9-10H2,(H,19,20)(H,21,22). The molecule has 0 aliphatic carbocycles. The Morgan fingerprint density at radius 2 is 2.30 bits per heavy atom. The molecule has 0 spiro atoms. The maximum atomic E-state index is 12.5. The van der Waals surface area contributed by atoms with Crippen LogP contribution in [0, 0.1) is 0 Å². The molecule has 3 N–H and O–H groups in total. The fourth-order valence-corrected chi connectivity index (χ4v) is 3.91. The second-order valence-electron chi connectivity index (χ2n) is 5.82. The van der Waals surface area contributed by atoms with Gasteiger partial charge in [0.25, 0.3) is 5.91 Å². The molecule has 1 atom stereocenters. The van der Waals surface area contributed by atoms with Gasteiger partial charge in [0.2, 0.25) is 0 Å². The number of rotatable bonds is 4. The Bertz CT molecular complexity index is 832. The number of amides is 1. The summed E-state index contributed by atoms with van der Waals surface area (Å²) >= 11 is 1.51. The molecule has 0 bridgehead atoms. The van der Waals surface area contributed by atoms with Crippen molar-refractivity contribution < 1.29 is 4.79 Å². The normalized spacial score (nSPS) is 17.7. The Hall–Kier alpha value is -2.18. The number of H-pyrrole nitrogens is 1. The average Bonchev–Trinajstić information content (AvgIpc) is 3.28. The second kappa shape index (κ2) is 6.14. The molecule has 1 aliphatic rings. The molecule has 0 saturated carbocycles. The summed E-state index contributed by atoms with van der Waals surface area (Å²) in [5.74, 6) is 0.0445. The van der Waals surface area contributed by atoms with Gasteiger partial charge in [0, 0.05) is 30.4 Å². The predicted octanol–water partition coefficient (Wildman–Crippen LogP) is 2.31. The Morgan fingerprint density at radius 1 is 1.35 bits per heavy atom. The van der Waals surface area contributed by atoms with Gasteiger partial charge < -0.3 is 15.6 Å². The molecule has 118 valence electrons. The summed E-state index contributed by atoms with van der Waals surface area (Å²) in [6.07, 6.45) is 5.45. The van der Waals surface area contributed by atoms with Crippen LogP contribution in [0.25, 0.3) is 11.0 Å². The van der Waals surface area contributed by atoms with Crippen molar-refractivity contribution in [3.05, 3.63) is 52.0 Å². The average molecular weight is 326 g/mol. The lowest BCUT2D eigenvalue weighted by Crippen LogP contribution is -2.36. The van der Waals surface area contributed by atoms with E-state index >= 15 is 0 Å². The number of hydrogen-bond acceptors (Lipinski definition) is 4. The third kappa shape index (κ3) is 2.87. The van der Waals surface area contributed by atoms with Crippen LogP contribution in [0.1, 0.15) is 27.2 Å². The van der Waals surface area contributed by atoms with E-state index in [2.05, 4.69) is 20.6 Å². The SMILES string of the molecule is O=C(NC1CCNC1)c1sccc1Cc1ccnc2[nH]ccc12. The first-order valence-electron chi connectivity index (χ1n) is 7.80. The first-order valence-corrected chi connectivity index (χ1v) is 8.68. The van der Waals surface area contributed by atoms with Crippen LogP contribution < -0.4 is 10.6 Å². The summed E-state index contributed by atoms with van der Waals surface area (Å²) in [6, 6.07) is 6.35. The van der Waals surface area contributed by atoms with Gasteiger partial charge in [-0.3, -0.25) is 4.79 Å². The van der Waals surface area contributed by atoms with Crippen LogP contribution in [0.15, 0.2) is 36.0 Å². The van der Waals surface area contributed by atoms with E-state index in [1.165, 1.54) is 16.9 Å². The van der Waals surface area contributed by atoms with Crippen molar-refractivity contribution in [3.8, 4) is 0 Å². The molecule has 5 nitrogen and oxygen atoms in total. The monoisotopic (exact) mass is 326 g/mol. The number of nitrogens with zero attached hydrogens (tertiary/aromatic N) is 1. The first-order chi connectivity index (χ1) is 11.3. The summed E-state index contributed by atoms with van der Waals surface area (Å²) in [4.78, 5) is 20.8. The van der Waals surface area contributed by atoms with E-state index in [-0.39, 0.29) is 11.9 Å². The minimum Gasteiger partial charge on any atom is -0.347 e. The first kappa shape index (κ1) is 14.4. The van der Waals surface area contributed by atoms with E-state index in [1.807, 2.05) is 36.0 Å². The van der Waals surface area contributed by atoms with Crippen molar-refractivity contribution in [2.45, 2.75) is 18.9 Å². The van der Waals surface area contributed by atoms with Crippen molar-refractivity contribution in [2.75, 3.05) is 13.1 Å². The maximum absolute atomic E-state index is 12.5. The lowest BCUT2D eigenvalue weighted by molar-refractivity contribution is 0.0943. The van der Waals surface area contributed by atoms with Crippen LogP contribution in [0.4, 0.5) is 0 Å². The Labute approximate surface area is 138 Å². The summed E-state index contributed by atoms with van der Waals surface area (Å²) in [5, 5.41) is 9.51. The molecule has 4 rings (SSSR count). The molecule has 1 fully saturated rings. The van der Waals surface area contributed by atoms with Crippen LogP contribution in [-0.4, -0.2) is 35.0 Å². The molecular formula is C17H18N4OS. The Morgan fingerprint density at radius 3 is 3.17 bits per heavy atom. The molecule has 3 aromatic heterocycles. The van der Waals surface area contributed by atoms with Gasteiger partial charge in [0.1, 0.15) is 5.65 Å². The quantitative estimate of drug-likeness (QED) is 0.689. The lowest BCUT2D eigenvalue weighted by Gasteiger charge is -2.11. The van der Waals surface area contributed by atoms with Crippen LogP contribution in [0.3, 0.4) is 0 Å². The predicted molar refractivity (Wildman–Crippen MR) is 92.0 cm³/mol. The van der Waals surface area contributed by atoms with E-state index in [0.717, 1.165) is 47.4 Å². The van der Waals surface area contributed by atoms with Gasteiger partial charge in [-0.05, 0) is 54.1 Å².